The lowest BCUT2D eigenvalue weighted by Gasteiger charge is -2.14. The SMILES string of the molecule is COCCNc1cc(NCCOC)c([N+](=O)[O-])cc1C(=O)OC. The van der Waals surface area contributed by atoms with Gasteiger partial charge in [0.25, 0.3) is 5.69 Å². The summed E-state index contributed by atoms with van der Waals surface area (Å²) in [6.07, 6.45) is 0. The van der Waals surface area contributed by atoms with Gasteiger partial charge in [-0.15, -0.1) is 0 Å². The summed E-state index contributed by atoms with van der Waals surface area (Å²) in [6.45, 7) is 1.65. The third-order valence-electron chi connectivity index (χ3n) is 2.98. The quantitative estimate of drug-likeness (QED) is 0.288. The molecule has 0 atom stereocenters. The van der Waals surface area contributed by atoms with Gasteiger partial charge in [0.2, 0.25) is 0 Å². The molecule has 0 aromatic heterocycles. The number of methoxy groups -OCH3 is 3. The molecule has 0 aliphatic rings. The summed E-state index contributed by atoms with van der Waals surface area (Å²) in [4.78, 5) is 22.5. The number of esters is 1. The summed E-state index contributed by atoms with van der Waals surface area (Å²) in [5, 5.41) is 17.2. The molecule has 0 heterocycles. The van der Waals surface area contributed by atoms with E-state index in [4.69, 9.17) is 9.47 Å². The van der Waals surface area contributed by atoms with Gasteiger partial charge in [0.05, 0.1) is 36.5 Å². The number of nitrogens with zero attached hydrogens (tertiary/aromatic N) is 1. The van der Waals surface area contributed by atoms with Crippen molar-refractivity contribution in [3.8, 4) is 0 Å². The second kappa shape index (κ2) is 9.59. The van der Waals surface area contributed by atoms with Crippen molar-refractivity contribution in [1.82, 2.24) is 0 Å². The van der Waals surface area contributed by atoms with Crippen LogP contribution in [0.3, 0.4) is 0 Å². The van der Waals surface area contributed by atoms with Crippen molar-refractivity contribution < 1.29 is 23.9 Å². The maximum absolute atomic E-state index is 11.9. The molecule has 1 aromatic carbocycles. The lowest BCUT2D eigenvalue weighted by Crippen LogP contribution is -2.15. The molecule has 0 fully saturated rings. The molecular weight excluding hydrogens is 306 g/mol. The van der Waals surface area contributed by atoms with Crippen LogP contribution in [0.4, 0.5) is 17.1 Å². The van der Waals surface area contributed by atoms with Crippen LogP contribution in [0.1, 0.15) is 10.4 Å². The largest absolute Gasteiger partial charge is 0.465 e. The highest BCUT2D eigenvalue weighted by Gasteiger charge is 2.22. The third kappa shape index (κ3) is 5.38. The minimum absolute atomic E-state index is 0.0904. The molecule has 0 saturated heterocycles. The number of rotatable bonds is 10. The summed E-state index contributed by atoms with van der Waals surface area (Å²) >= 11 is 0. The number of nitrogens with one attached hydrogen (secondary N) is 2. The van der Waals surface area contributed by atoms with E-state index in [2.05, 4.69) is 15.4 Å². The van der Waals surface area contributed by atoms with Gasteiger partial charge in [-0.1, -0.05) is 0 Å². The second-order valence-electron chi connectivity index (χ2n) is 4.50. The zero-order valence-corrected chi connectivity index (χ0v) is 13.4. The number of benzene rings is 1. The van der Waals surface area contributed by atoms with Crippen molar-refractivity contribution >= 4 is 23.0 Å². The molecule has 0 unspecified atom stereocenters. The zero-order valence-electron chi connectivity index (χ0n) is 13.4. The lowest BCUT2D eigenvalue weighted by atomic mass is 10.1. The van der Waals surface area contributed by atoms with E-state index in [1.807, 2.05) is 0 Å². The smallest absolute Gasteiger partial charge is 0.340 e. The summed E-state index contributed by atoms with van der Waals surface area (Å²) < 4.78 is 14.5. The number of nitro groups is 1. The van der Waals surface area contributed by atoms with Crippen molar-refractivity contribution in [3.63, 3.8) is 0 Å². The number of nitro benzene ring substituents is 1. The van der Waals surface area contributed by atoms with Crippen molar-refractivity contribution in [1.29, 1.82) is 0 Å². The van der Waals surface area contributed by atoms with Gasteiger partial charge in [0.15, 0.2) is 0 Å². The Kier molecular flexibility index (Phi) is 7.78. The van der Waals surface area contributed by atoms with Crippen LogP contribution < -0.4 is 10.6 Å². The van der Waals surface area contributed by atoms with Crippen LogP contribution in [0, 0.1) is 10.1 Å². The highest BCUT2D eigenvalue weighted by atomic mass is 16.6. The molecule has 2 N–H and O–H groups in total. The van der Waals surface area contributed by atoms with Gasteiger partial charge >= 0.3 is 5.97 Å². The second-order valence-corrected chi connectivity index (χ2v) is 4.50. The maximum atomic E-state index is 11.9. The molecule has 0 radical (unpaired) electrons. The first-order valence-electron chi connectivity index (χ1n) is 6.91. The fourth-order valence-corrected chi connectivity index (χ4v) is 1.88. The van der Waals surface area contributed by atoms with E-state index in [0.29, 0.717) is 37.7 Å². The summed E-state index contributed by atoms with van der Waals surface area (Å²) in [5.74, 6) is -0.656. The Morgan fingerprint density at radius 3 is 2.13 bits per heavy atom. The van der Waals surface area contributed by atoms with Gasteiger partial charge in [-0.05, 0) is 6.07 Å². The standard InChI is InChI=1S/C14H21N3O6/c1-21-6-4-15-11-9-12(16-5-7-22-2)13(17(19)20)8-10(11)14(18)23-3/h8-9,15-16H,4-7H2,1-3H3. The highest BCUT2D eigenvalue weighted by Crippen LogP contribution is 2.31. The van der Waals surface area contributed by atoms with Gasteiger partial charge in [0.1, 0.15) is 5.69 Å². The maximum Gasteiger partial charge on any atom is 0.340 e. The van der Waals surface area contributed by atoms with Crippen LogP contribution in [0.25, 0.3) is 0 Å². The van der Waals surface area contributed by atoms with E-state index in [0.717, 1.165) is 0 Å². The number of anilines is 2. The fourth-order valence-electron chi connectivity index (χ4n) is 1.88. The summed E-state index contributed by atoms with van der Waals surface area (Å²) in [6, 6.07) is 2.70. The average molecular weight is 327 g/mol. The van der Waals surface area contributed by atoms with Gasteiger partial charge in [-0.3, -0.25) is 10.1 Å². The molecule has 0 saturated carbocycles. The number of carbonyl (C=O) groups is 1. The van der Waals surface area contributed by atoms with Crippen LogP contribution >= 0.6 is 0 Å². The lowest BCUT2D eigenvalue weighted by molar-refractivity contribution is -0.384. The van der Waals surface area contributed by atoms with E-state index in [1.54, 1.807) is 7.11 Å². The van der Waals surface area contributed by atoms with Gasteiger partial charge in [-0.25, -0.2) is 4.79 Å². The normalized spacial score (nSPS) is 10.2. The zero-order chi connectivity index (χ0) is 17.2. The minimum Gasteiger partial charge on any atom is -0.465 e. The van der Waals surface area contributed by atoms with Crippen molar-refractivity contribution in [2.45, 2.75) is 0 Å². The first-order valence-corrected chi connectivity index (χ1v) is 6.91. The van der Waals surface area contributed by atoms with Gasteiger partial charge in [0, 0.05) is 33.4 Å². The number of carbonyl (C=O) groups excluding carboxylic acids is 1. The molecular formula is C14H21N3O6. The molecule has 128 valence electrons. The Balaban J connectivity index is 3.19. The highest BCUT2D eigenvalue weighted by molar-refractivity contribution is 5.98. The molecule has 0 aliphatic carbocycles. The van der Waals surface area contributed by atoms with E-state index in [1.165, 1.54) is 26.4 Å². The number of hydrogen-bond donors (Lipinski definition) is 2. The van der Waals surface area contributed by atoms with E-state index >= 15 is 0 Å². The molecule has 0 bridgehead atoms. The molecule has 0 spiro atoms. The van der Waals surface area contributed by atoms with Crippen LogP contribution in [0.5, 0.6) is 0 Å². The molecule has 9 heteroatoms. The number of ether oxygens (including phenoxy) is 3. The topological polar surface area (TPSA) is 112 Å². The van der Waals surface area contributed by atoms with Crippen LogP contribution in [0.15, 0.2) is 12.1 Å². The summed E-state index contributed by atoms with van der Waals surface area (Å²) in [5.41, 5.74) is 0.602. The molecule has 0 amide bonds. The van der Waals surface area contributed by atoms with Gasteiger partial charge < -0.3 is 24.8 Å². The van der Waals surface area contributed by atoms with E-state index in [-0.39, 0.29) is 11.3 Å². The predicted octanol–water partition coefficient (Wildman–Crippen LogP) is 1.50. The van der Waals surface area contributed by atoms with Crippen molar-refractivity contribution in [2.75, 3.05) is 58.3 Å². The van der Waals surface area contributed by atoms with Gasteiger partial charge in [-0.2, -0.15) is 0 Å². The molecule has 9 nitrogen and oxygen atoms in total. The number of hydrogen-bond acceptors (Lipinski definition) is 8. The Morgan fingerprint density at radius 1 is 1.09 bits per heavy atom. The first-order chi connectivity index (χ1) is 11.0. The molecule has 1 rings (SSSR count). The predicted molar refractivity (Wildman–Crippen MR) is 85.2 cm³/mol. The van der Waals surface area contributed by atoms with Crippen LogP contribution in [-0.2, 0) is 14.2 Å². The molecule has 1 aromatic rings. The van der Waals surface area contributed by atoms with E-state index in [9.17, 15) is 14.9 Å². The third-order valence-corrected chi connectivity index (χ3v) is 2.98. The Hall–Kier alpha value is -2.39. The van der Waals surface area contributed by atoms with Crippen LogP contribution in [0.2, 0.25) is 0 Å². The minimum atomic E-state index is -0.656. The Labute approximate surface area is 134 Å². The van der Waals surface area contributed by atoms with Crippen molar-refractivity contribution in [2.24, 2.45) is 0 Å². The van der Waals surface area contributed by atoms with E-state index < -0.39 is 10.9 Å². The Morgan fingerprint density at radius 2 is 1.65 bits per heavy atom. The monoisotopic (exact) mass is 327 g/mol. The average Bonchev–Trinajstić information content (AvgIpc) is 2.54. The Bertz CT molecular complexity index is 550. The first kappa shape index (κ1) is 18.7. The van der Waals surface area contributed by atoms with Crippen LogP contribution in [-0.4, -0.2) is 58.5 Å². The van der Waals surface area contributed by atoms with Crippen molar-refractivity contribution in [3.05, 3.63) is 27.8 Å². The molecule has 23 heavy (non-hydrogen) atoms. The molecule has 0 aliphatic heterocycles. The fraction of sp³-hybridized carbons (Fsp3) is 0.500. The summed E-state index contributed by atoms with van der Waals surface area (Å²) in [7, 11) is 4.31.